The molecule has 1 aromatic carbocycles. The largest absolute Gasteiger partial charge is 0.453 e. The van der Waals surface area contributed by atoms with Crippen LogP contribution in [-0.2, 0) is 0 Å². The predicted octanol–water partition coefficient (Wildman–Crippen LogP) is 3.74. The van der Waals surface area contributed by atoms with Gasteiger partial charge in [-0.1, -0.05) is 22.0 Å². The van der Waals surface area contributed by atoms with Crippen molar-refractivity contribution in [2.24, 2.45) is 0 Å². The van der Waals surface area contributed by atoms with Gasteiger partial charge in [-0.3, -0.25) is 10.6 Å². The predicted molar refractivity (Wildman–Crippen MR) is 75.6 cm³/mol. The molecule has 0 aliphatic carbocycles. The van der Waals surface area contributed by atoms with Gasteiger partial charge in [0.1, 0.15) is 5.76 Å². The number of halogens is 2. The molecule has 2 rings (SSSR count). The van der Waals surface area contributed by atoms with E-state index in [9.17, 15) is 0 Å². The molecule has 6 heteroatoms. The highest BCUT2D eigenvalue weighted by molar-refractivity contribution is 9.10. The Hall–Kier alpha value is -1.30. The molecule has 0 saturated carbocycles. The molecule has 0 bridgehead atoms. The third-order valence-electron chi connectivity index (χ3n) is 2.41. The second-order valence-corrected chi connectivity index (χ2v) is 4.47. The van der Waals surface area contributed by atoms with Gasteiger partial charge >= 0.3 is 0 Å². The molecule has 0 spiro atoms. The Bertz CT molecular complexity index is 569. The van der Waals surface area contributed by atoms with Crippen molar-refractivity contribution in [2.45, 2.75) is 6.92 Å². The van der Waals surface area contributed by atoms with E-state index >= 15 is 0 Å². The molecule has 0 unspecified atom stereocenters. The maximum atomic E-state index is 8.61. The van der Waals surface area contributed by atoms with E-state index in [1.165, 1.54) is 0 Å². The molecule has 1 heterocycles. The lowest BCUT2D eigenvalue weighted by molar-refractivity contribution is 0.232. The Kier molecular flexibility index (Phi) is 4.95. The fourth-order valence-electron chi connectivity index (χ4n) is 1.48. The molecular formula is C12H12BrClN2O2. The quantitative estimate of drug-likeness (QED) is 0.446. The topological polar surface area (TPSA) is 69.2 Å². The van der Waals surface area contributed by atoms with Crippen molar-refractivity contribution in [1.29, 1.82) is 5.41 Å². The van der Waals surface area contributed by atoms with Gasteiger partial charge in [0, 0.05) is 10.0 Å². The molecule has 1 aromatic heterocycles. The van der Waals surface area contributed by atoms with Crippen molar-refractivity contribution in [3.63, 3.8) is 0 Å². The summed E-state index contributed by atoms with van der Waals surface area (Å²) in [5.41, 5.74) is 3.79. The van der Waals surface area contributed by atoms with E-state index in [4.69, 9.17) is 15.0 Å². The van der Waals surface area contributed by atoms with E-state index in [1.807, 2.05) is 25.1 Å². The number of amidine groups is 1. The fraction of sp³-hybridized carbons (Fsp3) is 0.0833. The minimum Gasteiger partial charge on any atom is -0.453 e. The van der Waals surface area contributed by atoms with E-state index < -0.39 is 0 Å². The summed E-state index contributed by atoms with van der Waals surface area (Å²) < 4.78 is 6.49. The second-order valence-electron chi connectivity index (χ2n) is 3.61. The van der Waals surface area contributed by atoms with Gasteiger partial charge in [0.25, 0.3) is 0 Å². The third-order valence-corrected chi connectivity index (χ3v) is 3.30. The first-order chi connectivity index (χ1) is 8.11. The van der Waals surface area contributed by atoms with Crippen LogP contribution >= 0.6 is 28.3 Å². The van der Waals surface area contributed by atoms with Crippen molar-refractivity contribution in [2.75, 3.05) is 0 Å². The normalized spacial score (nSPS) is 9.72. The molecule has 2 aromatic rings. The van der Waals surface area contributed by atoms with Crippen molar-refractivity contribution in [3.05, 3.63) is 46.1 Å². The summed E-state index contributed by atoms with van der Waals surface area (Å²) in [5.74, 6) is 0.795. The van der Waals surface area contributed by atoms with E-state index in [0.29, 0.717) is 11.5 Å². The standard InChI is InChI=1S/C12H11BrN2O2.ClH/c1-7-6-8(2-3-9(7)13)10-4-5-11(17-10)12(14)15-16;/h2-6,16H,1H3,(H2,14,15);1H. The number of hydroxylamine groups is 1. The van der Waals surface area contributed by atoms with Crippen LogP contribution in [0.15, 0.2) is 39.2 Å². The van der Waals surface area contributed by atoms with Crippen LogP contribution in [0.1, 0.15) is 11.3 Å². The molecule has 96 valence electrons. The van der Waals surface area contributed by atoms with Gasteiger partial charge < -0.3 is 4.42 Å². The zero-order chi connectivity index (χ0) is 12.4. The number of nitrogens with one attached hydrogen (secondary N) is 2. The first kappa shape index (κ1) is 14.8. The maximum absolute atomic E-state index is 8.61. The number of furan rings is 1. The van der Waals surface area contributed by atoms with E-state index in [1.54, 1.807) is 17.6 Å². The average Bonchev–Trinajstić information content (AvgIpc) is 2.81. The molecule has 0 aliphatic heterocycles. The molecule has 0 radical (unpaired) electrons. The Morgan fingerprint density at radius 3 is 2.67 bits per heavy atom. The van der Waals surface area contributed by atoms with Gasteiger partial charge in [0.05, 0.1) is 0 Å². The monoisotopic (exact) mass is 330 g/mol. The van der Waals surface area contributed by atoms with Crippen LogP contribution in [0.5, 0.6) is 0 Å². The van der Waals surface area contributed by atoms with Gasteiger partial charge in [0.15, 0.2) is 11.6 Å². The van der Waals surface area contributed by atoms with Gasteiger partial charge in [0.2, 0.25) is 0 Å². The molecule has 4 nitrogen and oxygen atoms in total. The van der Waals surface area contributed by atoms with Crippen LogP contribution in [0.3, 0.4) is 0 Å². The van der Waals surface area contributed by atoms with Gasteiger partial charge in [-0.05, 0) is 36.8 Å². The zero-order valence-electron chi connectivity index (χ0n) is 9.53. The highest BCUT2D eigenvalue weighted by Crippen LogP contribution is 2.26. The number of benzene rings is 1. The van der Waals surface area contributed by atoms with Crippen LogP contribution in [0.2, 0.25) is 0 Å². The number of hydrogen-bond donors (Lipinski definition) is 3. The lowest BCUT2D eigenvalue weighted by atomic mass is 10.1. The van der Waals surface area contributed by atoms with Crippen molar-refractivity contribution in [1.82, 2.24) is 5.48 Å². The Morgan fingerprint density at radius 1 is 1.33 bits per heavy atom. The molecule has 0 amide bonds. The maximum Gasteiger partial charge on any atom is 0.185 e. The minimum absolute atomic E-state index is 0. The van der Waals surface area contributed by atoms with Gasteiger partial charge in [-0.2, -0.15) is 0 Å². The van der Waals surface area contributed by atoms with E-state index in [2.05, 4.69) is 15.9 Å². The first-order valence-electron chi connectivity index (χ1n) is 4.97. The summed E-state index contributed by atoms with van der Waals surface area (Å²) in [6.07, 6.45) is 0. The molecular weight excluding hydrogens is 320 g/mol. The molecule has 18 heavy (non-hydrogen) atoms. The highest BCUT2D eigenvalue weighted by atomic mass is 79.9. The van der Waals surface area contributed by atoms with Crippen LogP contribution in [-0.4, -0.2) is 11.0 Å². The van der Waals surface area contributed by atoms with Crippen molar-refractivity contribution in [3.8, 4) is 11.3 Å². The fourth-order valence-corrected chi connectivity index (χ4v) is 1.73. The van der Waals surface area contributed by atoms with Gasteiger partial charge in [-0.25, -0.2) is 5.48 Å². The number of aryl methyl sites for hydroxylation is 1. The van der Waals surface area contributed by atoms with Crippen LogP contribution in [0.25, 0.3) is 11.3 Å². The summed E-state index contributed by atoms with van der Waals surface area (Å²) in [5, 5.41) is 16.0. The molecule has 3 N–H and O–H groups in total. The summed E-state index contributed by atoms with van der Waals surface area (Å²) in [6.45, 7) is 1.99. The van der Waals surface area contributed by atoms with E-state index in [-0.39, 0.29) is 18.2 Å². The molecule has 0 aliphatic rings. The molecule has 0 saturated heterocycles. The van der Waals surface area contributed by atoms with Gasteiger partial charge in [-0.15, -0.1) is 12.4 Å². The smallest absolute Gasteiger partial charge is 0.185 e. The summed E-state index contributed by atoms with van der Waals surface area (Å²) in [7, 11) is 0. The Morgan fingerprint density at radius 2 is 2.06 bits per heavy atom. The Labute approximate surface area is 119 Å². The number of rotatable bonds is 2. The van der Waals surface area contributed by atoms with Crippen molar-refractivity contribution >= 4 is 34.2 Å². The lowest BCUT2D eigenvalue weighted by Gasteiger charge is -2.01. The number of hydrogen-bond acceptors (Lipinski definition) is 3. The first-order valence-corrected chi connectivity index (χ1v) is 5.76. The van der Waals surface area contributed by atoms with Crippen molar-refractivity contribution < 1.29 is 9.62 Å². The SMILES string of the molecule is Cc1cc(-c2ccc(C(=N)NO)o2)ccc1Br.Cl. The van der Waals surface area contributed by atoms with Crippen LogP contribution in [0.4, 0.5) is 0 Å². The summed E-state index contributed by atoms with van der Waals surface area (Å²) >= 11 is 3.43. The zero-order valence-corrected chi connectivity index (χ0v) is 11.9. The molecule has 0 fully saturated rings. The van der Waals surface area contributed by atoms with E-state index in [0.717, 1.165) is 15.6 Å². The average molecular weight is 332 g/mol. The molecule has 0 atom stereocenters. The lowest BCUT2D eigenvalue weighted by Crippen LogP contribution is -2.17. The highest BCUT2D eigenvalue weighted by Gasteiger charge is 2.09. The summed E-state index contributed by atoms with van der Waals surface area (Å²) in [6, 6.07) is 9.27. The summed E-state index contributed by atoms with van der Waals surface area (Å²) in [4.78, 5) is 0. The Balaban J connectivity index is 0.00000162. The van der Waals surface area contributed by atoms with Crippen LogP contribution in [0, 0.1) is 12.3 Å². The third kappa shape index (κ3) is 2.93. The minimum atomic E-state index is -0.162. The second kappa shape index (κ2) is 6.04. The van der Waals surface area contributed by atoms with Crippen LogP contribution < -0.4 is 5.48 Å².